The molecule has 0 radical (unpaired) electrons. The van der Waals surface area contributed by atoms with Crippen LogP contribution in [0, 0.1) is 6.92 Å². The van der Waals surface area contributed by atoms with Gasteiger partial charge < -0.3 is 10.1 Å². The first-order valence-electron chi connectivity index (χ1n) is 7.65. The summed E-state index contributed by atoms with van der Waals surface area (Å²) in [5.74, 6) is -1.38. The molecule has 0 bridgehead atoms. The molecule has 27 heavy (non-hydrogen) atoms. The Kier molecular flexibility index (Phi) is 4.88. The third-order valence-electron chi connectivity index (χ3n) is 3.56. The number of nitrogens with one attached hydrogen (secondary N) is 1. The molecule has 11 heteroatoms. The standard InChI is InChI=1S/C16H15N5O5S/c1-10-14(15-18-6-3-7-21(15)20-10)16(23)26-9-13(22)19-11-4-2-5-12(8-11)27(17,24)25/h2-8H,9H2,1H3,(H,19,22)(H2,17,24,25). The Bertz CT molecular complexity index is 1140. The van der Waals surface area contributed by atoms with E-state index in [0.717, 1.165) is 0 Å². The zero-order valence-corrected chi connectivity index (χ0v) is 14.9. The van der Waals surface area contributed by atoms with Crippen LogP contribution in [0.3, 0.4) is 0 Å². The van der Waals surface area contributed by atoms with Gasteiger partial charge in [0, 0.05) is 18.1 Å². The number of rotatable bonds is 5. The summed E-state index contributed by atoms with van der Waals surface area (Å²) in [7, 11) is -3.89. The summed E-state index contributed by atoms with van der Waals surface area (Å²) in [5, 5.41) is 11.6. The van der Waals surface area contributed by atoms with E-state index < -0.39 is 28.5 Å². The normalized spacial score (nSPS) is 11.3. The quantitative estimate of drug-likeness (QED) is 0.603. The fourth-order valence-corrected chi connectivity index (χ4v) is 2.95. The van der Waals surface area contributed by atoms with Crippen LogP contribution in [0.4, 0.5) is 5.69 Å². The SMILES string of the molecule is Cc1nn2cccnc2c1C(=O)OCC(=O)Nc1cccc(S(N)(=O)=O)c1. The van der Waals surface area contributed by atoms with Crippen molar-refractivity contribution in [3.63, 3.8) is 0 Å². The zero-order chi connectivity index (χ0) is 19.6. The third kappa shape index (κ3) is 4.10. The molecule has 1 aromatic carbocycles. The van der Waals surface area contributed by atoms with Crippen molar-refractivity contribution in [2.75, 3.05) is 11.9 Å². The van der Waals surface area contributed by atoms with Crippen molar-refractivity contribution in [3.8, 4) is 0 Å². The maximum absolute atomic E-state index is 12.3. The summed E-state index contributed by atoms with van der Waals surface area (Å²) in [6.07, 6.45) is 3.15. The van der Waals surface area contributed by atoms with Crippen molar-refractivity contribution in [2.45, 2.75) is 11.8 Å². The number of nitrogens with zero attached hydrogens (tertiary/aromatic N) is 3. The number of carbonyl (C=O) groups is 2. The maximum Gasteiger partial charge on any atom is 0.344 e. The Morgan fingerprint density at radius 1 is 1.30 bits per heavy atom. The van der Waals surface area contributed by atoms with Crippen LogP contribution in [0.15, 0.2) is 47.6 Å². The van der Waals surface area contributed by atoms with Crippen LogP contribution in [-0.2, 0) is 19.6 Å². The fourth-order valence-electron chi connectivity index (χ4n) is 2.39. The van der Waals surface area contributed by atoms with E-state index in [0.29, 0.717) is 11.3 Å². The molecule has 2 aromatic heterocycles. The van der Waals surface area contributed by atoms with Crippen LogP contribution < -0.4 is 10.5 Å². The molecule has 0 aliphatic heterocycles. The van der Waals surface area contributed by atoms with E-state index in [1.807, 2.05) is 0 Å². The molecule has 0 unspecified atom stereocenters. The number of hydrogen-bond donors (Lipinski definition) is 2. The van der Waals surface area contributed by atoms with Gasteiger partial charge in [0.25, 0.3) is 5.91 Å². The highest BCUT2D eigenvalue weighted by Gasteiger charge is 2.20. The molecule has 0 fully saturated rings. The lowest BCUT2D eigenvalue weighted by Crippen LogP contribution is -2.21. The zero-order valence-electron chi connectivity index (χ0n) is 14.1. The number of nitrogens with two attached hydrogens (primary N) is 1. The number of carbonyl (C=O) groups excluding carboxylic acids is 2. The molecule has 0 saturated heterocycles. The molecule has 0 atom stereocenters. The number of aromatic nitrogens is 3. The van der Waals surface area contributed by atoms with Crippen LogP contribution in [0.1, 0.15) is 16.1 Å². The topological polar surface area (TPSA) is 146 Å². The van der Waals surface area contributed by atoms with Crippen molar-refractivity contribution < 1.29 is 22.7 Å². The van der Waals surface area contributed by atoms with E-state index >= 15 is 0 Å². The second-order valence-electron chi connectivity index (χ2n) is 5.55. The minimum absolute atomic E-state index is 0.148. The predicted molar refractivity (Wildman–Crippen MR) is 94.5 cm³/mol. The van der Waals surface area contributed by atoms with Crippen LogP contribution in [-0.4, -0.2) is 41.5 Å². The second-order valence-corrected chi connectivity index (χ2v) is 7.11. The molecule has 0 saturated carbocycles. The number of fused-ring (bicyclic) bond motifs is 1. The molecule has 1 amide bonds. The van der Waals surface area contributed by atoms with E-state index in [9.17, 15) is 18.0 Å². The molecule has 10 nitrogen and oxygen atoms in total. The first-order chi connectivity index (χ1) is 12.8. The highest BCUT2D eigenvalue weighted by atomic mass is 32.2. The minimum Gasteiger partial charge on any atom is -0.452 e. The summed E-state index contributed by atoms with van der Waals surface area (Å²) >= 11 is 0. The summed E-state index contributed by atoms with van der Waals surface area (Å²) in [5.41, 5.74) is 1.11. The lowest BCUT2D eigenvalue weighted by atomic mass is 10.2. The van der Waals surface area contributed by atoms with Crippen molar-refractivity contribution in [3.05, 3.63) is 54.0 Å². The summed E-state index contributed by atoms with van der Waals surface area (Å²) in [6.45, 7) is 1.06. The molecule has 0 aliphatic carbocycles. The average molecular weight is 389 g/mol. The number of esters is 1. The first-order valence-corrected chi connectivity index (χ1v) is 9.20. The van der Waals surface area contributed by atoms with Gasteiger partial charge in [-0.2, -0.15) is 5.10 Å². The molecular weight excluding hydrogens is 374 g/mol. The van der Waals surface area contributed by atoms with Gasteiger partial charge in [0.15, 0.2) is 12.3 Å². The van der Waals surface area contributed by atoms with Crippen molar-refractivity contribution in [1.82, 2.24) is 14.6 Å². The van der Waals surface area contributed by atoms with E-state index in [2.05, 4.69) is 15.4 Å². The highest BCUT2D eigenvalue weighted by molar-refractivity contribution is 7.89. The second kappa shape index (κ2) is 7.13. The third-order valence-corrected chi connectivity index (χ3v) is 4.47. The number of aryl methyl sites for hydroxylation is 1. The maximum atomic E-state index is 12.3. The van der Waals surface area contributed by atoms with E-state index in [1.165, 1.54) is 35.0 Å². The summed E-state index contributed by atoms with van der Waals surface area (Å²) < 4.78 is 29.1. The van der Waals surface area contributed by atoms with Gasteiger partial charge >= 0.3 is 5.97 Å². The first kappa shape index (κ1) is 18.5. The number of hydrogen-bond acceptors (Lipinski definition) is 7. The van der Waals surface area contributed by atoms with E-state index in [-0.39, 0.29) is 16.1 Å². The van der Waals surface area contributed by atoms with Gasteiger partial charge in [-0.1, -0.05) is 6.07 Å². The van der Waals surface area contributed by atoms with Gasteiger partial charge in [0.2, 0.25) is 10.0 Å². The smallest absolute Gasteiger partial charge is 0.344 e. The van der Waals surface area contributed by atoms with Gasteiger partial charge in [-0.25, -0.2) is 27.9 Å². The highest BCUT2D eigenvalue weighted by Crippen LogP contribution is 2.15. The van der Waals surface area contributed by atoms with Crippen molar-refractivity contribution in [1.29, 1.82) is 0 Å². The van der Waals surface area contributed by atoms with Gasteiger partial charge in [-0.05, 0) is 31.2 Å². The Balaban J connectivity index is 1.67. The van der Waals surface area contributed by atoms with E-state index in [4.69, 9.17) is 9.88 Å². The van der Waals surface area contributed by atoms with Crippen molar-refractivity contribution in [2.24, 2.45) is 5.14 Å². The van der Waals surface area contributed by atoms with Crippen molar-refractivity contribution >= 4 is 33.2 Å². The molecule has 2 heterocycles. The number of sulfonamides is 1. The molecule has 140 valence electrons. The Hall–Kier alpha value is -3.31. The number of anilines is 1. The van der Waals surface area contributed by atoms with Crippen LogP contribution in [0.2, 0.25) is 0 Å². The largest absolute Gasteiger partial charge is 0.452 e. The Labute approximate surface area is 154 Å². The lowest BCUT2D eigenvalue weighted by molar-refractivity contribution is -0.119. The Morgan fingerprint density at radius 2 is 2.07 bits per heavy atom. The van der Waals surface area contributed by atoms with Crippen LogP contribution >= 0.6 is 0 Å². The Morgan fingerprint density at radius 3 is 2.81 bits per heavy atom. The van der Waals surface area contributed by atoms with Gasteiger partial charge in [0.1, 0.15) is 5.56 Å². The number of primary sulfonamides is 1. The predicted octanol–water partition coefficient (Wildman–Crippen LogP) is 0.481. The number of benzene rings is 1. The van der Waals surface area contributed by atoms with Gasteiger partial charge in [0.05, 0.1) is 10.6 Å². The van der Waals surface area contributed by atoms with Gasteiger partial charge in [-0.3, -0.25) is 4.79 Å². The van der Waals surface area contributed by atoms with Crippen LogP contribution in [0.25, 0.3) is 5.65 Å². The molecule has 0 aliphatic rings. The average Bonchev–Trinajstić information content (AvgIpc) is 2.95. The monoisotopic (exact) mass is 389 g/mol. The molecule has 3 rings (SSSR count). The van der Waals surface area contributed by atoms with Crippen LogP contribution in [0.5, 0.6) is 0 Å². The molecule has 0 spiro atoms. The van der Waals surface area contributed by atoms with E-state index in [1.54, 1.807) is 19.2 Å². The van der Waals surface area contributed by atoms with Gasteiger partial charge in [-0.15, -0.1) is 0 Å². The summed E-state index contributed by atoms with van der Waals surface area (Å²) in [4.78, 5) is 28.2. The summed E-state index contributed by atoms with van der Waals surface area (Å²) in [6, 6.07) is 7.07. The lowest BCUT2D eigenvalue weighted by Gasteiger charge is -2.07. The number of ether oxygens (including phenoxy) is 1. The molecule has 3 N–H and O–H groups in total. The molecule has 3 aromatic rings. The minimum atomic E-state index is -3.89. The fraction of sp³-hybridized carbons (Fsp3) is 0.125. The molecular formula is C16H15N5O5S. The number of amides is 1.